The van der Waals surface area contributed by atoms with Gasteiger partial charge >= 0.3 is 0 Å². The van der Waals surface area contributed by atoms with Gasteiger partial charge in [-0.3, -0.25) is 4.79 Å². The maximum absolute atomic E-state index is 13.3. The minimum absolute atomic E-state index is 0.0209. The molecular formula is C18H19FN2O. The van der Waals surface area contributed by atoms with Gasteiger partial charge in [0.2, 0.25) is 5.91 Å². The molecule has 114 valence electrons. The second-order valence-corrected chi connectivity index (χ2v) is 5.99. The fourth-order valence-electron chi connectivity index (χ4n) is 2.69. The van der Waals surface area contributed by atoms with E-state index in [-0.39, 0.29) is 17.1 Å². The molecule has 3 nitrogen and oxygen atoms in total. The summed E-state index contributed by atoms with van der Waals surface area (Å²) in [6, 6.07) is 14.0. The molecule has 1 amide bonds. The van der Waals surface area contributed by atoms with Gasteiger partial charge in [-0.1, -0.05) is 24.3 Å². The Balaban J connectivity index is 1.58. The maximum Gasteiger partial charge on any atom is 0.224 e. The van der Waals surface area contributed by atoms with Crippen molar-refractivity contribution < 1.29 is 9.18 Å². The summed E-state index contributed by atoms with van der Waals surface area (Å²) in [7, 11) is 0. The Bertz CT molecular complexity index is 678. The van der Waals surface area contributed by atoms with Crippen LogP contribution in [-0.2, 0) is 16.6 Å². The molecule has 0 radical (unpaired) electrons. The number of hydrogen-bond donors (Lipinski definition) is 2. The molecule has 4 heteroatoms. The molecule has 22 heavy (non-hydrogen) atoms. The fourth-order valence-corrected chi connectivity index (χ4v) is 2.69. The molecule has 0 aromatic heterocycles. The third-order valence-corrected chi connectivity index (χ3v) is 4.26. The molecule has 3 rings (SSSR count). The van der Waals surface area contributed by atoms with Crippen molar-refractivity contribution in [1.82, 2.24) is 5.32 Å². The van der Waals surface area contributed by atoms with Gasteiger partial charge in [0.05, 0.1) is 6.42 Å². The highest BCUT2D eigenvalue weighted by Crippen LogP contribution is 2.47. The van der Waals surface area contributed by atoms with E-state index in [1.54, 1.807) is 24.3 Å². The predicted molar refractivity (Wildman–Crippen MR) is 84.9 cm³/mol. The number of amides is 1. The molecule has 0 unspecified atom stereocenters. The largest absolute Gasteiger partial charge is 0.399 e. The Morgan fingerprint density at radius 2 is 1.91 bits per heavy atom. The van der Waals surface area contributed by atoms with Gasteiger partial charge in [-0.25, -0.2) is 4.39 Å². The van der Waals surface area contributed by atoms with Crippen molar-refractivity contribution in [3.8, 4) is 0 Å². The monoisotopic (exact) mass is 298 g/mol. The third-order valence-electron chi connectivity index (χ3n) is 4.26. The second-order valence-electron chi connectivity index (χ2n) is 5.99. The van der Waals surface area contributed by atoms with Crippen molar-refractivity contribution in [1.29, 1.82) is 0 Å². The van der Waals surface area contributed by atoms with Crippen LogP contribution in [0.3, 0.4) is 0 Å². The summed E-state index contributed by atoms with van der Waals surface area (Å²) in [6.07, 6.45) is 2.30. The number of nitrogens with two attached hydrogens (primary N) is 1. The van der Waals surface area contributed by atoms with E-state index in [4.69, 9.17) is 5.73 Å². The predicted octanol–water partition coefficient (Wildman–Crippen LogP) is 2.80. The molecule has 3 N–H and O–H groups in total. The van der Waals surface area contributed by atoms with Gasteiger partial charge in [0, 0.05) is 17.6 Å². The van der Waals surface area contributed by atoms with Crippen molar-refractivity contribution in [3.63, 3.8) is 0 Å². The summed E-state index contributed by atoms with van der Waals surface area (Å²) in [6.45, 7) is 0.560. The molecule has 1 saturated carbocycles. The van der Waals surface area contributed by atoms with Crippen molar-refractivity contribution in [3.05, 3.63) is 65.5 Å². The highest BCUT2D eigenvalue weighted by atomic mass is 19.1. The van der Waals surface area contributed by atoms with Gasteiger partial charge in [0.1, 0.15) is 5.82 Å². The zero-order chi connectivity index (χ0) is 15.6. The number of nitrogen functional groups attached to an aromatic ring is 1. The van der Waals surface area contributed by atoms with Crippen molar-refractivity contribution in [2.75, 3.05) is 12.3 Å². The standard InChI is InChI=1S/C18H19FN2O/c19-15-3-1-2-14(11-15)18(8-9-18)12-21-17(22)10-13-4-6-16(20)7-5-13/h1-7,11H,8-10,12,20H2,(H,21,22). The first-order valence-corrected chi connectivity index (χ1v) is 7.45. The summed E-state index contributed by atoms with van der Waals surface area (Å²) in [5.74, 6) is -0.246. The van der Waals surface area contributed by atoms with E-state index in [1.165, 1.54) is 6.07 Å². The van der Waals surface area contributed by atoms with Crippen LogP contribution in [0.4, 0.5) is 10.1 Å². The second kappa shape index (κ2) is 5.79. The van der Waals surface area contributed by atoms with Crippen LogP contribution in [0.25, 0.3) is 0 Å². The lowest BCUT2D eigenvalue weighted by molar-refractivity contribution is -0.120. The van der Waals surface area contributed by atoms with E-state index in [2.05, 4.69) is 5.32 Å². The summed E-state index contributed by atoms with van der Waals surface area (Å²) < 4.78 is 13.3. The molecule has 2 aromatic rings. The van der Waals surface area contributed by atoms with Crippen LogP contribution in [0, 0.1) is 5.82 Å². The lowest BCUT2D eigenvalue weighted by Gasteiger charge is -2.16. The molecule has 2 aromatic carbocycles. The third kappa shape index (κ3) is 3.27. The van der Waals surface area contributed by atoms with Crippen LogP contribution >= 0.6 is 0 Å². The van der Waals surface area contributed by atoms with E-state index in [9.17, 15) is 9.18 Å². The molecular weight excluding hydrogens is 279 g/mol. The van der Waals surface area contributed by atoms with Crippen molar-refractivity contribution >= 4 is 11.6 Å². The van der Waals surface area contributed by atoms with Gasteiger partial charge in [-0.15, -0.1) is 0 Å². The topological polar surface area (TPSA) is 55.1 Å². The molecule has 0 aliphatic heterocycles. The van der Waals surface area contributed by atoms with E-state index >= 15 is 0 Å². The van der Waals surface area contributed by atoms with Crippen LogP contribution in [0.5, 0.6) is 0 Å². The smallest absolute Gasteiger partial charge is 0.224 e. The number of rotatable bonds is 5. The van der Waals surface area contributed by atoms with Gasteiger partial charge in [0.15, 0.2) is 0 Å². The van der Waals surface area contributed by atoms with Crippen LogP contribution in [0.15, 0.2) is 48.5 Å². The molecule has 0 atom stereocenters. The van der Waals surface area contributed by atoms with E-state index in [0.29, 0.717) is 18.7 Å². The Labute approximate surface area is 129 Å². The molecule has 0 bridgehead atoms. The van der Waals surface area contributed by atoms with Gasteiger partial charge in [0.25, 0.3) is 0 Å². The minimum atomic E-state index is -0.225. The maximum atomic E-state index is 13.3. The lowest BCUT2D eigenvalue weighted by atomic mass is 9.95. The fraction of sp³-hybridized carbons (Fsp3) is 0.278. The minimum Gasteiger partial charge on any atom is -0.399 e. The normalized spacial score (nSPS) is 15.3. The number of benzene rings is 2. The number of carbonyl (C=O) groups is 1. The van der Waals surface area contributed by atoms with E-state index in [1.807, 2.05) is 18.2 Å². The van der Waals surface area contributed by atoms with E-state index in [0.717, 1.165) is 24.0 Å². The van der Waals surface area contributed by atoms with Crippen LogP contribution < -0.4 is 11.1 Å². The summed E-state index contributed by atoms with van der Waals surface area (Å²) in [4.78, 5) is 12.1. The number of anilines is 1. The number of carbonyl (C=O) groups excluding carboxylic acids is 1. The molecule has 0 heterocycles. The molecule has 1 fully saturated rings. The molecule has 1 aliphatic carbocycles. The summed E-state index contributed by atoms with van der Waals surface area (Å²) in [5.41, 5.74) is 8.13. The zero-order valence-corrected chi connectivity index (χ0v) is 12.3. The Morgan fingerprint density at radius 3 is 2.55 bits per heavy atom. The Kier molecular flexibility index (Phi) is 3.84. The Hall–Kier alpha value is -2.36. The average molecular weight is 298 g/mol. The van der Waals surface area contributed by atoms with Gasteiger partial charge in [-0.05, 0) is 48.2 Å². The van der Waals surface area contributed by atoms with E-state index < -0.39 is 0 Å². The first kappa shape index (κ1) is 14.6. The quantitative estimate of drug-likeness (QED) is 0.834. The van der Waals surface area contributed by atoms with Gasteiger partial charge < -0.3 is 11.1 Å². The van der Waals surface area contributed by atoms with Crippen LogP contribution in [-0.4, -0.2) is 12.5 Å². The average Bonchev–Trinajstić information content (AvgIpc) is 3.29. The van der Waals surface area contributed by atoms with Crippen molar-refractivity contribution in [2.24, 2.45) is 0 Å². The first-order valence-electron chi connectivity index (χ1n) is 7.45. The number of hydrogen-bond acceptors (Lipinski definition) is 2. The lowest BCUT2D eigenvalue weighted by Crippen LogP contribution is -2.33. The van der Waals surface area contributed by atoms with Crippen LogP contribution in [0.1, 0.15) is 24.0 Å². The first-order chi connectivity index (χ1) is 10.6. The number of nitrogens with one attached hydrogen (secondary N) is 1. The number of halogens is 1. The SMILES string of the molecule is Nc1ccc(CC(=O)NCC2(c3cccc(F)c3)CC2)cc1. The molecule has 0 spiro atoms. The Morgan fingerprint density at radius 1 is 1.18 bits per heavy atom. The zero-order valence-electron chi connectivity index (χ0n) is 12.3. The molecule has 1 aliphatic rings. The highest BCUT2D eigenvalue weighted by molar-refractivity contribution is 5.78. The van der Waals surface area contributed by atoms with Gasteiger partial charge in [-0.2, -0.15) is 0 Å². The van der Waals surface area contributed by atoms with Crippen LogP contribution in [0.2, 0.25) is 0 Å². The highest BCUT2D eigenvalue weighted by Gasteiger charge is 2.44. The summed E-state index contributed by atoms with van der Waals surface area (Å²) >= 11 is 0. The van der Waals surface area contributed by atoms with Crippen molar-refractivity contribution in [2.45, 2.75) is 24.7 Å². The molecule has 0 saturated heterocycles. The summed E-state index contributed by atoms with van der Waals surface area (Å²) in [5, 5.41) is 2.97.